The van der Waals surface area contributed by atoms with Gasteiger partial charge in [-0.2, -0.15) is 0 Å². The van der Waals surface area contributed by atoms with Crippen molar-refractivity contribution < 1.29 is 23.9 Å². The van der Waals surface area contributed by atoms with Crippen LogP contribution in [0.1, 0.15) is 67.7 Å². The summed E-state index contributed by atoms with van der Waals surface area (Å²) in [5, 5.41) is 38.9. The summed E-state index contributed by atoms with van der Waals surface area (Å²) < 4.78 is 5.71. The van der Waals surface area contributed by atoms with Crippen LogP contribution in [0.3, 0.4) is 0 Å². The first kappa shape index (κ1) is 43.1. The number of fused-ring (bicyclic) bond motifs is 3. The second-order valence-corrected chi connectivity index (χ2v) is 14.1. The SMILES string of the molecule is CC(C)C(NC(=O)[C@H](CCCNC(=N)N)NC(=O)OCC1c2ccccc2-c2ccccc21)C(=O)N[C@@H](CCCNC(=N)N)C(=O)NCc1ccc(C(=N)N)cc1. The number of carbonyl (C=O) groups is 4. The van der Waals surface area contributed by atoms with Crippen LogP contribution in [0.5, 0.6) is 0 Å². The zero-order valence-corrected chi connectivity index (χ0v) is 32.2. The van der Waals surface area contributed by atoms with Crippen molar-refractivity contribution in [1.29, 1.82) is 16.2 Å². The van der Waals surface area contributed by atoms with E-state index in [1.165, 1.54) is 0 Å². The number of ether oxygens (including phenoxy) is 1. The molecule has 0 saturated heterocycles. The molecule has 0 aromatic heterocycles. The monoisotopic (exact) mass is 782 g/mol. The van der Waals surface area contributed by atoms with Crippen LogP contribution in [0.25, 0.3) is 11.1 Å². The minimum Gasteiger partial charge on any atom is -0.449 e. The summed E-state index contributed by atoms with van der Waals surface area (Å²) in [6, 6.07) is 19.4. The van der Waals surface area contributed by atoms with E-state index in [9.17, 15) is 19.2 Å². The molecule has 0 bridgehead atoms. The lowest BCUT2D eigenvalue weighted by molar-refractivity contribution is -0.133. The third-order valence-corrected chi connectivity index (χ3v) is 9.53. The quantitative estimate of drug-likeness (QED) is 0.0447. The molecular weight excluding hydrogens is 729 g/mol. The second kappa shape index (κ2) is 20.9. The van der Waals surface area contributed by atoms with E-state index in [4.69, 9.17) is 38.2 Å². The van der Waals surface area contributed by atoms with Gasteiger partial charge < -0.3 is 53.8 Å². The molecule has 3 aromatic carbocycles. The first-order chi connectivity index (χ1) is 27.2. The van der Waals surface area contributed by atoms with E-state index in [-0.39, 0.29) is 62.8 Å². The van der Waals surface area contributed by atoms with Crippen LogP contribution >= 0.6 is 0 Å². The molecule has 15 N–H and O–H groups in total. The van der Waals surface area contributed by atoms with Crippen molar-refractivity contribution in [3.8, 4) is 11.1 Å². The minimum atomic E-state index is -1.12. The third kappa shape index (κ3) is 12.7. The van der Waals surface area contributed by atoms with E-state index in [1.807, 2.05) is 48.5 Å². The molecule has 3 atom stereocenters. The van der Waals surface area contributed by atoms with Crippen LogP contribution in [0, 0.1) is 22.1 Å². The number of amidine groups is 1. The number of nitrogens with two attached hydrogens (primary N) is 3. The Balaban J connectivity index is 1.43. The molecule has 0 fully saturated rings. The smallest absolute Gasteiger partial charge is 0.407 e. The molecule has 0 radical (unpaired) electrons. The van der Waals surface area contributed by atoms with Gasteiger partial charge in [0.1, 0.15) is 30.6 Å². The highest BCUT2D eigenvalue weighted by Gasteiger charge is 2.33. The summed E-state index contributed by atoms with van der Waals surface area (Å²) in [5.74, 6) is -2.88. The van der Waals surface area contributed by atoms with Crippen LogP contribution in [0.2, 0.25) is 0 Å². The van der Waals surface area contributed by atoms with Gasteiger partial charge in [0.25, 0.3) is 0 Å². The number of alkyl carbamates (subject to hydrolysis) is 1. The van der Waals surface area contributed by atoms with Crippen molar-refractivity contribution >= 4 is 41.6 Å². The van der Waals surface area contributed by atoms with Crippen LogP contribution in [0.15, 0.2) is 72.8 Å². The zero-order chi connectivity index (χ0) is 41.5. The third-order valence-electron chi connectivity index (χ3n) is 9.53. The number of rotatable bonds is 20. The summed E-state index contributed by atoms with van der Waals surface area (Å²) in [6.45, 7) is 4.20. The Labute approximate surface area is 332 Å². The molecule has 17 heteroatoms. The van der Waals surface area contributed by atoms with Gasteiger partial charge in [0.2, 0.25) is 17.7 Å². The maximum absolute atomic E-state index is 13.8. The van der Waals surface area contributed by atoms with Crippen LogP contribution in [-0.2, 0) is 25.7 Å². The Hall–Kier alpha value is -6.65. The van der Waals surface area contributed by atoms with Crippen molar-refractivity contribution in [2.45, 2.75) is 70.1 Å². The molecule has 304 valence electrons. The molecule has 0 aliphatic heterocycles. The van der Waals surface area contributed by atoms with E-state index >= 15 is 0 Å². The van der Waals surface area contributed by atoms with Crippen LogP contribution in [-0.4, -0.2) is 79.4 Å². The summed E-state index contributed by atoms with van der Waals surface area (Å²) in [7, 11) is 0. The summed E-state index contributed by atoms with van der Waals surface area (Å²) in [5.41, 5.74) is 21.9. The lowest BCUT2D eigenvalue weighted by Gasteiger charge is -2.27. The molecule has 17 nitrogen and oxygen atoms in total. The van der Waals surface area contributed by atoms with Gasteiger partial charge in [-0.25, -0.2) is 4.79 Å². The van der Waals surface area contributed by atoms with Gasteiger partial charge in [0, 0.05) is 31.1 Å². The van der Waals surface area contributed by atoms with E-state index in [2.05, 4.69) is 31.9 Å². The Morgan fingerprint density at radius 1 is 0.667 bits per heavy atom. The normalized spacial score (nSPS) is 13.2. The zero-order valence-electron chi connectivity index (χ0n) is 32.2. The minimum absolute atomic E-state index is 0.0340. The summed E-state index contributed by atoms with van der Waals surface area (Å²) >= 11 is 0. The van der Waals surface area contributed by atoms with Crippen molar-refractivity contribution in [1.82, 2.24) is 31.9 Å². The van der Waals surface area contributed by atoms with Gasteiger partial charge in [-0.1, -0.05) is 86.6 Å². The first-order valence-corrected chi connectivity index (χ1v) is 18.8. The van der Waals surface area contributed by atoms with Gasteiger partial charge >= 0.3 is 6.09 Å². The Kier molecular flexibility index (Phi) is 15.8. The number of benzene rings is 3. The number of hydrogen-bond donors (Lipinski definition) is 12. The van der Waals surface area contributed by atoms with Crippen molar-refractivity contribution in [3.05, 3.63) is 95.1 Å². The molecule has 0 heterocycles. The van der Waals surface area contributed by atoms with Crippen molar-refractivity contribution in [3.63, 3.8) is 0 Å². The lowest BCUT2D eigenvalue weighted by Crippen LogP contribution is -2.58. The predicted molar refractivity (Wildman–Crippen MR) is 218 cm³/mol. The number of amides is 4. The molecule has 0 saturated carbocycles. The molecule has 4 amide bonds. The summed E-state index contributed by atoms with van der Waals surface area (Å²) in [4.78, 5) is 54.4. The van der Waals surface area contributed by atoms with Crippen LogP contribution in [0.4, 0.5) is 4.79 Å². The Bertz CT molecular complexity index is 1870. The standard InChI is InChI=1S/C40H54N12O5/c1-23(2)33(37(55)50-31(13-7-19-47-38(43)44)35(53)49-21-24-15-17-25(18-16-24)34(41)42)52-36(54)32(14-8-20-48-39(45)46)51-40(56)57-22-30-28-11-5-3-9-26(28)27-10-4-6-12-29(27)30/h3-6,9-12,15-18,23,30-33H,7-8,13-14,19-22H2,1-2H3,(H3,41,42)(H,49,53)(H,50,55)(H,51,56)(H,52,54)(H4,43,44,47)(H4,45,46,48)/t31-,32-,33?/m0/s1. The fraction of sp³-hybridized carbons (Fsp3) is 0.375. The van der Waals surface area contributed by atoms with E-state index in [0.29, 0.717) is 18.4 Å². The van der Waals surface area contributed by atoms with E-state index < -0.39 is 47.9 Å². The average molecular weight is 783 g/mol. The number of nitrogen functional groups attached to an aromatic ring is 1. The number of carbonyl (C=O) groups excluding carboxylic acids is 4. The highest BCUT2D eigenvalue weighted by atomic mass is 16.5. The molecule has 1 unspecified atom stereocenters. The van der Waals surface area contributed by atoms with Gasteiger partial charge in [0.05, 0.1) is 0 Å². The molecule has 0 spiro atoms. The molecule has 3 aromatic rings. The molecule has 1 aliphatic carbocycles. The fourth-order valence-electron chi connectivity index (χ4n) is 6.54. The summed E-state index contributed by atoms with van der Waals surface area (Å²) in [6.07, 6.45) is 0.228. The molecule has 4 rings (SSSR count). The highest BCUT2D eigenvalue weighted by Crippen LogP contribution is 2.44. The Morgan fingerprint density at radius 3 is 1.70 bits per heavy atom. The second-order valence-electron chi connectivity index (χ2n) is 14.1. The first-order valence-electron chi connectivity index (χ1n) is 18.8. The maximum atomic E-state index is 13.8. The predicted octanol–water partition coefficient (Wildman–Crippen LogP) is 1.65. The highest BCUT2D eigenvalue weighted by molar-refractivity contribution is 5.95. The lowest BCUT2D eigenvalue weighted by atomic mass is 9.98. The average Bonchev–Trinajstić information content (AvgIpc) is 3.50. The molecule has 57 heavy (non-hydrogen) atoms. The van der Waals surface area contributed by atoms with Crippen LogP contribution < -0.4 is 49.1 Å². The van der Waals surface area contributed by atoms with Crippen molar-refractivity contribution in [2.75, 3.05) is 19.7 Å². The fourth-order valence-corrected chi connectivity index (χ4v) is 6.54. The van der Waals surface area contributed by atoms with Gasteiger partial charge in [-0.3, -0.25) is 30.6 Å². The van der Waals surface area contributed by atoms with E-state index in [1.54, 1.807) is 38.1 Å². The largest absolute Gasteiger partial charge is 0.449 e. The van der Waals surface area contributed by atoms with Gasteiger partial charge in [-0.15, -0.1) is 0 Å². The number of nitrogens with one attached hydrogen (secondary N) is 9. The number of hydrogen-bond acceptors (Lipinski definition) is 8. The van der Waals surface area contributed by atoms with Crippen molar-refractivity contribution in [2.24, 2.45) is 23.1 Å². The van der Waals surface area contributed by atoms with Gasteiger partial charge in [0.15, 0.2) is 11.9 Å². The molecular formula is C40H54N12O5. The Morgan fingerprint density at radius 2 is 1.19 bits per heavy atom. The number of guanidine groups is 2. The molecule has 1 aliphatic rings. The van der Waals surface area contributed by atoms with Gasteiger partial charge in [-0.05, 0) is 59.4 Å². The van der Waals surface area contributed by atoms with E-state index in [0.717, 1.165) is 27.8 Å². The maximum Gasteiger partial charge on any atom is 0.407 e. The topological polar surface area (TPSA) is 299 Å².